The maximum Gasteiger partial charge on any atom is 0.240 e. The molecule has 1 aromatic heterocycles. The number of thiophene rings is 1. The molecule has 1 heterocycles. The highest BCUT2D eigenvalue weighted by Gasteiger charge is 2.31. The fraction of sp³-hybridized carbons (Fsp3) is 0.200. The summed E-state index contributed by atoms with van der Waals surface area (Å²) in [6, 6.07) is 17.8. The Morgan fingerprint density at radius 1 is 0.931 bits per heavy atom. The van der Waals surface area contributed by atoms with Crippen LogP contribution in [0.5, 0.6) is 5.75 Å². The molecule has 1 atom stereocenters. The van der Waals surface area contributed by atoms with Gasteiger partial charge in [-0.15, -0.1) is 11.3 Å². The SMILES string of the molecule is CCOc1ccc(S(=O)(=O)NC[C@@H](c2ccccc2)S(=O)(=O)c2cccs2)cc1. The average molecular weight is 452 g/mol. The first kappa shape index (κ1) is 21.5. The molecule has 0 radical (unpaired) electrons. The summed E-state index contributed by atoms with van der Waals surface area (Å²) in [6.45, 7) is 2.04. The summed E-state index contributed by atoms with van der Waals surface area (Å²) in [5.74, 6) is 0.564. The number of nitrogens with one attached hydrogen (secondary N) is 1. The van der Waals surface area contributed by atoms with Gasteiger partial charge in [-0.05, 0) is 48.2 Å². The summed E-state index contributed by atoms with van der Waals surface area (Å²) in [5.41, 5.74) is 0.523. The van der Waals surface area contributed by atoms with Crippen LogP contribution in [0.2, 0.25) is 0 Å². The lowest BCUT2D eigenvalue weighted by molar-refractivity contribution is 0.340. The van der Waals surface area contributed by atoms with Crippen molar-refractivity contribution in [1.82, 2.24) is 4.72 Å². The first-order valence-electron chi connectivity index (χ1n) is 8.89. The molecule has 3 rings (SSSR count). The largest absolute Gasteiger partial charge is 0.494 e. The van der Waals surface area contributed by atoms with E-state index in [0.717, 1.165) is 11.3 Å². The Labute approximate surface area is 175 Å². The summed E-state index contributed by atoms with van der Waals surface area (Å²) in [6.07, 6.45) is 0. The highest BCUT2D eigenvalue weighted by molar-refractivity contribution is 7.93. The third kappa shape index (κ3) is 5.05. The zero-order valence-electron chi connectivity index (χ0n) is 15.7. The molecule has 0 amide bonds. The summed E-state index contributed by atoms with van der Waals surface area (Å²) in [5, 5.41) is 0.638. The molecule has 1 N–H and O–H groups in total. The van der Waals surface area contributed by atoms with Gasteiger partial charge in [0, 0.05) is 6.54 Å². The Hall–Kier alpha value is -2.20. The number of sulfone groups is 1. The molecule has 9 heteroatoms. The quantitative estimate of drug-likeness (QED) is 0.536. The summed E-state index contributed by atoms with van der Waals surface area (Å²) in [7, 11) is -7.65. The van der Waals surface area contributed by atoms with Crippen LogP contribution >= 0.6 is 11.3 Å². The number of benzene rings is 2. The van der Waals surface area contributed by atoms with Crippen LogP contribution in [-0.4, -0.2) is 30.0 Å². The van der Waals surface area contributed by atoms with Crippen molar-refractivity contribution in [3.63, 3.8) is 0 Å². The van der Waals surface area contributed by atoms with Crippen LogP contribution in [0, 0.1) is 0 Å². The van der Waals surface area contributed by atoms with E-state index in [-0.39, 0.29) is 15.6 Å². The van der Waals surface area contributed by atoms with Crippen molar-refractivity contribution in [2.75, 3.05) is 13.2 Å². The third-order valence-corrected chi connectivity index (χ3v) is 9.20. The van der Waals surface area contributed by atoms with Crippen LogP contribution in [0.1, 0.15) is 17.7 Å². The minimum Gasteiger partial charge on any atom is -0.494 e. The van der Waals surface area contributed by atoms with Gasteiger partial charge in [-0.1, -0.05) is 36.4 Å². The first-order chi connectivity index (χ1) is 13.8. The molecule has 6 nitrogen and oxygen atoms in total. The van der Waals surface area contributed by atoms with E-state index in [1.807, 2.05) is 6.92 Å². The van der Waals surface area contributed by atoms with Crippen LogP contribution in [0.3, 0.4) is 0 Å². The van der Waals surface area contributed by atoms with E-state index in [9.17, 15) is 16.8 Å². The van der Waals surface area contributed by atoms with Gasteiger partial charge in [0.15, 0.2) is 9.84 Å². The highest BCUT2D eigenvalue weighted by atomic mass is 32.2. The number of hydrogen-bond acceptors (Lipinski definition) is 6. The molecule has 29 heavy (non-hydrogen) atoms. The summed E-state index contributed by atoms with van der Waals surface area (Å²) >= 11 is 1.11. The molecular weight excluding hydrogens is 430 g/mol. The standard InChI is InChI=1S/C20H21NO5S3/c1-2-26-17-10-12-18(13-11-17)29(24,25)21-15-19(16-7-4-3-5-8-16)28(22,23)20-9-6-14-27-20/h3-14,19,21H,2,15H2,1H3/t19-/m0/s1. The lowest BCUT2D eigenvalue weighted by Gasteiger charge is -2.18. The van der Waals surface area contributed by atoms with E-state index >= 15 is 0 Å². The van der Waals surface area contributed by atoms with Crippen molar-refractivity contribution >= 4 is 31.2 Å². The molecule has 0 saturated heterocycles. The molecular formula is C20H21NO5S3. The molecule has 0 saturated carbocycles. The zero-order valence-corrected chi connectivity index (χ0v) is 18.1. The molecule has 3 aromatic rings. The summed E-state index contributed by atoms with van der Waals surface area (Å²) in [4.78, 5) is 0.0429. The molecule has 0 aliphatic rings. The minimum absolute atomic E-state index is 0.0429. The van der Waals surface area contributed by atoms with E-state index in [1.54, 1.807) is 53.9 Å². The van der Waals surface area contributed by atoms with Gasteiger partial charge in [0.1, 0.15) is 15.2 Å². The minimum atomic E-state index is -3.89. The zero-order chi connectivity index (χ0) is 20.9. The molecule has 2 aromatic carbocycles. The van der Waals surface area contributed by atoms with Crippen LogP contribution in [0.15, 0.2) is 81.2 Å². The Kier molecular flexibility index (Phi) is 6.74. The van der Waals surface area contributed by atoms with Crippen molar-refractivity contribution in [3.05, 3.63) is 77.7 Å². The number of ether oxygens (including phenoxy) is 1. The van der Waals surface area contributed by atoms with E-state index in [4.69, 9.17) is 4.74 Å². The van der Waals surface area contributed by atoms with E-state index in [1.165, 1.54) is 18.2 Å². The van der Waals surface area contributed by atoms with Gasteiger partial charge in [-0.2, -0.15) is 0 Å². The molecule has 0 spiro atoms. The van der Waals surface area contributed by atoms with E-state index in [2.05, 4.69) is 4.72 Å². The summed E-state index contributed by atoms with van der Waals surface area (Å²) < 4.78 is 59.6. The second kappa shape index (κ2) is 9.08. The normalized spacial score (nSPS) is 13.1. The smallest absolute Gasteiger partial charge is 0.240 e. The predicted octanol–water partition coefficient (Wildman–Crippen LogP) is 3.64. The van der Waals surface area contributed by atoms with Crippen molar-refractivity contribution in [2.45, 2.75) is 21.3 Å². The number of sulfonamides is 1. The molecule has 0 aliphatic heterocycles. The van der Waals surface area contributed by atoms with Crippen LogP contribution in [0.25, 0.3) is 0 Å². The van der Waals surface area contributed by atoms with E-state index in [0.29, 0.717) is 17.9 Å². The maximum absolute atomic E-state index is 13.1. The molecule has 0 unspecified atom stereocenters. The first-order valence-corrected chi connectivity index (χ1v) is 12.8. The highest BCUT2D eigenvalue weighted by Crippen LogP contribution is 2.31. The van der Waals surface area contributed by atoms with Gasteiger partial charge in [0.25, 0.3) is 0 Å². The van der Waals surface area contributed by atoms with Crippen molar-refractivity contribution in [2.24, 2.45) is 0 Å². The second-order valence-corrected chi connectivity index (χ2v) is 11.2. The molecule has 154 valence electrons. The van der Waals surface area contributed by atoms with Crippen LogP contribution in [0.4, 0.5) is 0 Å². The topological polar surface area (TPSA) is 89.5 Å². The van der Waals surface area contributed by atoms with Gasteiger partial charge in [0.05, 0.1) is 11.5 Å². The molecule has 0 bridgehead atoms. The Balaban J connectivity index is 1.87. The van der Waals surface area contributed by atoms with Gasteiger partial charge in [-0.25, -0.2) is 21.6 Å². The van der Waals surface area contributed by atoms with Gasteiger partial charge >= 0.3 is 0 Å². The lowest BCUT2D eigenvalue weighted by Crippen LogP contribution is -2.31. The average Bonchev–Trinajstić information content (AvgIpc) is 3.25. The number of hydrogen-bond donors (Lipinski definition) is 1. The van der Waals surface area contributed by atoms with Gasteiger partial charge in [-0.3, -0.25) is 0 Å². The van der Waals surface area contributed by atoms with Crippen LogP contribution in [-0.2, 0) is 19.9 Å². The van der Waals surface area contributed by atoms with Crippen molar-refractivity contribution < 1.29 is 21.6 Å². The lowest BCUT2D eigenvalue weighted by atomic mass is 10.1. The van der Waals surface area contributed by atoms with Crippen molar-refractivity contribution in [1.29, 1.82) is 0 Å². The van der Waals surface area contributed by atoms with Gasteiger partial charge < -0.3 is 4.74 Å². The third-order valence-electron chi connectivity index (χ3n) is 4.23. The maximum atomic E-state index is 13.1. The number of rotatable bonds is 9. The van der Waals surface area contributed by atoms with Crippen molar-refractivity contribution in [3.8, 4) is 5.75 Å². The fourth-order valence-electron chi connectivity index (χ4n) is 2.79. The predicted molar refractivity (Wildman–Crippen MR) is 113 cm³/mol. The molecule has 0 fully saturated rings. The molecule has 0 aliphatic carbocycles. The van der Waals surface area contributed by atoms with E-state index < -0.39 is 25.1 Å². The second-order valence-electron chi connectivity index (χ2n) is 6.13. The van der Waals surface area contributed by atoms with Gasteiger partial charge in [0.2, 0.25) is 10.0 Å². The fourth-order valence-corrected chi connectivity index (χ4v) is 6.81. The Morgan fingerprint density at radius 3 is 2.21 bits per heavy atom. The van der Waals surface area contributed by atoms with Crippen LogP contribution < -0.4 is 9.46 Å². The monoisotopic (exact) mass is 451 g/mol. The Bertz CT molecular complexity index is 1120. The Morgan fingerprint density at radius 2 is 1.62 bits per heavy atom.